The maximum Gasteiger partial charge on any atom is 0.235 e. The zero-order valence-electron chi connectivity index (χ0n) is 74.7. The van der Waals surface area contributed by atoms with Gasteiger partial charge in [-0.3, -0.25) is 4.57 Å². The zero-order valence-corrected chi connectivity index (χ0v) is 75.5. The molecule has 16 heteroatoms. The molecule has 9 heterocycles. The number of benzene rings is 19. The molecule has 0 bridgehead atoms. The van der Waals surface area contributed by atoms with Crippen LogP contribution in [0, 0.1) is 22.7 Å². The van der Waals surface area contributed by atoms with Gasteiger partial charge in [-0.15, -0.1) is 11.3 Å². The fraction of sp³-hybridized carbons (Fsp3) is 0. The molecule has 0 radical (unpaired) electrons. The first-order valence-electron chi connectivity index (χ1n) is 46.2. The third kappa shape index (κ3) is 14.3. The van der Waals surface area contributed by atoms with Crippen molar-refractivity contribution in [2.45, 2.75) is 0 Å². The van der Waals surface area contributed by atoms with E-state index in [0.29, 0.717) is 52.0 Å². The van der Waals surface area contributed by atoms with E-state index in [1.807, 2.05) is 205 Å². The summed E-state index contributed by atoms with van der Waals surface area (Å²) in [5.74, 6) is 4.13. The Morgan fingerprint density at radius 3 is 1.12 bits per heavy atom. The molecule has 0 spiro atoms. The number of para-hydroxylation sites is 7. The highest BCUT2D eigenvalue weighted by Gasteiger charge is 2.25. The summed E-state index contributed by atoms with van der Waals surface area (Å²) >= 11 is 1.85. The van der Waals surface area contributed by atoms with Gasteiger partial charge in [0.15, 0.2) is 34.9 Å². The van der Waals surface area contributed by atoms with Gasteiger partial charge in [0.2, 0.25) is 5.95 Å². The van der Waals surface area contributed by atoms with E-state index < -0.39 is 0 Å². The first-order chi connectivity index (χ1) is 69.3. The molecule has 0 aliphatic heterocycles. The lowest BCUT2D eigenvalue weighted by Crippen LogP contribution is -2.03. The summed E-state index contributed by atoms with van der Waals surface area (Å²) in [6.07, 6.45) is 0. The molecule has 0 saturated carbocycles. The van der Waals surface area contributed by atoms with Crippen LogP contribution in [0.1, 0.15) is 11.1 Å². The lowest BCUT2D eigenvalue weighted by Gasteiger charge is -2.12. The average molecular weight is 1810 g/mol. The minimum absolute atomic E-state index is 0.509. The van der Waals surface area contributed by atoms with Crippen molar-refractivity contribution in [3.63, 3.8) is 0 Å². The topological polar surface area (TPSA) is 192 Å². The highest BCUT2D eigenvalue weighted by atomic mass is 32.1. The molecule has 28 rings (SSSR count). The van der Waals surface area contributed by atoms with E-state index in [1.54, 1.807) is 6.07 Å². The van der Waals surface area contributed by atoms with Crippen LogP contribution in [0.5, 0.6) is 0 Å². The van der Waals surface area contributed by atoms with Gasteiger partial charge < -0.3 is 18.0 Å². The molecule has 0 saturated heterocycles. The van der Waals surface area contributed by atoms with Gasteiger partial charge >= 0.3 is 0 Å². The van der Waals surface area contributed by atoms with Gasteiger partial charge in [-0.25, -0.2) is 39.9 Å². The largest absolute Gasteiger partial charge is 0.455 e. The molecule has 140 heavy (non-hydrogen) atoms. The van der Waals surface area contributed by atoms with Gasteiger partial charge in [-0.05, 0) is 139 Å². The van der Waals surface area contributed by atoms with Gasteiger partial charge in [0.05, 0.1) is 67.6 Å². The molecule has 19 aromatic carbocycles. The van der Waals surface area contributed by atoms with E-state index in [0.717, 1.165) is 188 Å². The van der Waals surface area contributed by atoms with Crippen LogP contribution in [0.25, 0.3) is 260 Å². The monoisotopic (exact) mass is 1810 g/mol. The summed E-state index contributed by atoms with van der Waals surface area (Å²) in [7, 11) is 0. The van der Waals surface area contributed by atoms with Crippen LogP contribution in [-0.2, 0) is 0 Å². The first kappa shape index (κ1) is 81.5. The first-order valence-corrected chi connectivity index (χ1v) is 47.0. The molecule has 652 valence electrons. The van der Waals surface area contributed by atoms with E-state index >= 15 is 0 Å². The highest BCUT2D eigenvalue weighted by Crippen LogP contribution is 2.46. The maximum atomic E-state index is 9.90. The number of nitrogens with zero attached hydrogens (tertiary/aromatic N) is 13. The number of furan rings is 2. The quantitative estimate of drug-likeness (QED) is 0.113. The smallest absolute Gasteiger partial charge is 0.235 e. The molecule has 9 aromatic heterocycles. The standard InChI is InChI=1S/2C46H27N5O.C32H19N3S/c47-28-29-21-23-40-38(25-29)39-27-32(35-18-10-19-37-36-17-7-8-20-42(36)52-43(35)37)22-24-41(39)51(40)34-16-9-15-33(26-34)46-49-44(30-11-3-1-4-12-30)48-45(50-46)31-13-5-2-6-14-31;47-28-29-11-8-14-32(25-29)45-48-44(30-12-2-1-3-13-30)49-46(50-45)33-15-9-16-34(26-33)51-40-21-6-4-17-36(40)39-27-31(23-24-41(39)51)35-19-10-20-38-37-18-5-7-22-42(37)52-43(35)38;1-2-10-20(11-3-1)31-23-14-4-7-15-26(23)33-32(34-31)35-27-16-8-5-12-21(27)24-19-30-25(18-28(24)35)22-13-6-9-17-29(22)36-30/h2*1-27H;1-19H. The fourth-order valence-corrected chi connectivity index (χ4v) is 21.0. The van der Waals surface area contributed by atoms with Crippen LogP contribution in [0.2, 0.25) is 0 Å². The van der Waals surface area contributed by atoms with Crippen molar-refractivity contribution < 1.29 is 8.83 Å². The maximum absolute atomic E-state index is 9.90. The van der Waals surface area contributed by atoms with Gasteiger partial charge in [0.25, 0.3) is 0 Å². The number of hydrogen-bond acceptors (Lipinski definition) is 13. The second-order valence-electron chi connectivity index (χ2n) is 34.6. The zero-order chi connectivity index (χ0) is 92.8. The van der Waals surface area contributed by atoms with Gasteiger partial charge in [0.1, 0.15) is 22.3 Å². The minimum atomic E-state index is 0.509. The molecule has 0 N–H and O–H groups in total. The normalized spacial score (nSPS) is 11.6. The summed E-state index contributed by atoms with van der Waals surface area (Å²) in [5.41, 5.74) is 25.5. The lowest BCUT2D eigenvalue weighted by molar-refractivity contribution is 0.669. The molecule has 0 atom stereocenters. The van der Waals surface area contributed by atoms with Crippen molar-refractivity contribution in [1.82, 2.24) is 53.6 Å². The molecule has 28 aromatic rings. The Bertz CT molecular complexity index is 9900. The molecule has 15 nitrogen and oxygen atoms in total. The predicted molar refractivity (Wildman–Crippen MR) is 568 cm³/mol. The number of nitriles is 2. The van der Waals surface area contributed by atoms with E-state index in [-0.39, 0.29) is 0 Å². The number of hydrogen-bond donors (Lipinski definition) is 0. The fourth-order valence-electron chi connectivity index (χ4n) is 19.9. The van der Waals surface area contributed by atoms with E-state index in [4.69, 9.17) is 48.7 Å². The third-order valence-electron chi connectivity index (χ3n) is 26.3. The molecule has 0 unspecified atom stereocenters. The Labute approximate surface area is 804 Å². The van der Waals surface area contributed by atoms with Crippen molar-refractivity contribution in [3.8, 4) is 131 Å². The molecule has 0 aliphatic carbocycles. The van der Waals surface area contributed by atoms with E-state index in [2.05, 4.69) is 268 Å². The summed E-state index contributed by atoms with van der Waals surface area (Å²) in [5, 5.41) is 34.3. The number of fused-ring (bicyclic) bond motifs is 19. The third-order valence-corrected chi connectivity index (χ3v) is 27.5. The van der Waals surface area contributed by atoms with Crippen LogP contribution in [0.4, 0.5) is 0 Å². The summed E-state index contributed by atoms with van der Waals surface area (Å²) < 4.78 is 22.2. The van der Waals surface area contributed by atoms with Gasteiger partial charge in [0, 0.05) is 141 Å². The van der Waals surface area contributed by atoms with Crippen molar-refractivity contribution in [2.75, 3.05) is 0 Å². The van der Waals surface area contributed by atoms with Crippen LogP contribution in [-0.4, -0.2) is 53.6 Å². The Hall–Kier alpha value is -19.3. The Morgan fingerprint density at radius 1 is 0.214 bits per heavy atom. The number of rotatable bonds is 12. The number of thiophene rings is 1. The second kappa shape index (κ2) is 34.0. The van der Waals surface area contributed by atoms with Crippen LogP contribution >= 0.6 is 11.3 Å². The Morgan fingerprint density at radius 2 is 0.593 bits per heavy atom. The predicted octanol–water partition coefficient (Wildman–Crippen LogP) is 31.6. The second-order valence-corrected chi connectivity index (χ2v) is 35.7. The minimum Gasteiger partial charge on any atom is -0.455 e. The molecule has 0 aliphatic rings. The van der Waals surface area contributed by atoms with Crippen LogP contribution in [0.15, 0.2) is 452 Å². The Balaban J connectivity index is 0.000000110. The van der Waals surface area contributed by atoms with E-state index in [9.17, 15) is 10.5 Å². The molecule has 0 fully saturated rings. The van der Waals surface area contributed by atoms with Gasteiger partial charge in [-0.2, -0.15) is 10.5 Å². The summed E-state index contributed by atoms with van der Waals surface area (Å²) in [6, 6.07) is 156. The number of aromatic nitrogens is 11. The SMILES string of the molecule is N#Cc1ccc2c(c1)c1cc(-c3cccc4c3oc3ccccc34)ccc1n2-c1cccc(-c2nc(-c3ccccc3)nc(-c3ccccc3)n2)c1.N#Cc1cccc(-c2nc(-c3ccccc3)nc(-c3cccc(-n4c5ccccc5c5cc(-c6cccc7c6oc6ccccc67)ccc54)c3)n2)c1.c1ccc(-c2nc(-n3c4ccccc4c4cc5sc6ccccc6c5cc43)nc3ccccc23)cc1. The van der Waals surface area contributed by atoms with Crippen LogP contribution in [0.3, 0.4) is 0 Å². The van der Waals surface area contributed by atoms with E-state index in [1.165, 1.54) is 30.9 Å². The van der Waals surface area contributed by atoms with Crippen molar-refractivity contribution in [2.24, 2.45) is 0 Å². The van der Waals surface area contributed by atoms with Crippen LogP contribution < -0.4 is 0 Å². The van der Waals surface area contributed by atoms with Crippen molar-refractivity contribution in [3.05, 3.63) is 454 Å². The van der Waals surface area contributed by atoms with Gasteiger partial charge in [-0.1, -0.05) is 315 Å². The summed E-state index contributed by atoms with van der Waals surface area (Å²) in [6.45, 7) is 0. The molecular formula is C124H73N13O2S. The lowest BCUT2D eigenvalue weighted by atomic mass is 10.00. The highest BCUT2D eigenvalue weighted by molar-refractivity contribution is 7.25. The Kier molecular flexibility index (Phi) is 19.8. The van der Waals surface area contributed by atoms with Crippen molar-refractivity contribution in [1.29, 1.82) is 10.5 Å². The summed E-state index contributed by atoms with van der Waals surface area (Å²) in [4.78, 5) is 39.9. The molecular weight excluding hydrogens is 1740 g/mol. The van der Waals surface area contributed by atoms with Crippen molar-refractivity contribution >= 4 is 152 Å². The average Bonchev–Trinajstić information content (AvgIpc) is 1.57. The molecule has 0 amide bonds.